The largest absolute Gasteiger partial charge is 0.507 e. The predicted molar refractivity (Wildman–Crippen MR) is 77.9 cm³/mol. The summed E-state index contributed by atoms with van der Waals surface area (Å²) >= 11 is 4.99. The number of phenolic OH excluding ortho intramolecular Hbond substituents is 1. The van der Waals surface area contributed by atoms with Crippen molar-refractivity contribution in [3.05, 3.63) is 29.8 Å². The predicted octanol–water partition coefficient (Wildman–Crippen LogP) is 0.0627. The smallest absolute Gasteiger partial charge is 0.273 e. The second-order valence-electron chi connectivity index (χ2n) is 4.16. The first-order valence-electron chi connectivity index (χ1n) is 5.77. The molecule has 1 rings (SSSR count). The van der Waals surface area contributed by atoms with Crippen molar-refractivity contribution in [1.82, 2.24) is 21.1 Å². The van der Waals surface area contributed by atoms with Gasteiger partial charge in [0.25, 0.3) is 5.91 Å². The molecule has 104 valence electrons. The Labute approximate surface area is 117 Å². The third kappa shape index (κ3) is 5.54. The molecule has 0 bridgehead atoms. The Morgan fingerprint density at radius 2 is 2.00 bits per heavy atom. The summed E-state index contributed by atoms with van der Waals surface area (Å²) in [5.74, 6) is -0.525. The molecule has 7 heteroatoms. The van der Waals surface area contributed by atoms with Gasteiger partial charge in [-0.25, -0.2) is 0 Å². The minimum absolute atomic E-state index is 0.0757. The van der Waals surface area contributed by atoms with Crippen molar-refractivity contribution in [2.24, 2.45) is 0 Å². The number of thiocarbonyl (C=S) groups is 1. The van der Waals surface area contributed by atoms with E-state index in [0.29, 0.717) is 11.7 Å². The molecule has 0 saturated carbocycles. The quantitative estimate of drug-likeness (QED) is 0.462. The summed E-state index contributed by atoms with van der Waals surface area (Å²) in [6.07, 6.45) is 0. The number of rotatable bonds is 4. The van der Waals surface area contributed by atoms with Crippen LogP contribution in [0.15, 0.2) is 24.3 Å². The SMILES string of the molecule is CN(C)CCNC(=S)NNC(=O)c1ccccc1O. The van der Waals surface area contributed by atoms with E-state index in [9.17, 15) is 9.90 Å². The molecule has 0 aromatic heterocycles. The molecule has 0 unspecified atom stereocenters. The fourth-order valence-electron chi connectivity index (χ4n) is 1.28. The van der Waals surface area contributed by atoms with Crippen LogP contribution in [0.1, 0.15) is 10.4 Å². The standard InChI is InChI=1S/C12H18N4O2S/c1-16(2)8-7-13-12(19)15-14-11(18)9-5-3-4-6-10(9)17/h3-6,17H,7-8H2,1-2H3,(H,14,18)(H2,13,15,19). The van der Waals surface area contributed by atoms with E-state index in [-0.39, 0.29) is 11.3 Å². The van der Waals surface area contributed by atoms with Crippen LogP contribution < -0.4 is 16.2 Å². The van der Waals surface area contributed by atoms with E-state index in [0.717, 1.165) is 6.54 Å². The number of phenols is 1. The van der Waals surface area contributed by atoms with Crippen molar-refractivity contribution in [3.63, 3.8) is 0 Å². The van der Waals surface area contributed by atoms with Crippen LogP contribution in [0.25, 0.3) is 0 Å². The van der Waals surface area contributed by atoms with E-state index in [1.54, 1.807) is 12.1 Å². The van der Waals surface area contributed by atoms with Crippen molar-refractivity contribution in [3.8, 4) is 5.75 Å². The molecule has 0 heterocycles. The third-order valence-corrected chi connectivity index (χ3v) is 2.53. The number of amides is 1. The number of hydrazine groups is 1. The monoisotopic (exact) mass is 282 g/mol. The van der Waals surface area contributed by atoms with Gasteiger partial charge in [-0.2, -0.15) is 0 Å². The Hall–Kier alpha value is -1.86. The number of likely N-dealkylation sites (N-methyl/N-ethyl adjacent to an activating group) is 1. The lowest BCUT2D eigenvalue weighted by Gasteiger charge is -2.14. The molecule has 0 radical (unpaired) electrons. The zero-order chi connectivity index (χ0) is 14.3. The van der Waals surface area contributed by atoms with E-state index >= 15 is 0 Å². The van der Waals surface area contributed by atoms with Crippen LogP contribution in [-0.4, -0.2) is 48.2 Å². The first-order chi connectivity index (χ1) is 9.00. The Balaban J connectivity index is 2.34. The van der Waals surface area contributed by atoms with Gasteiger partial charge in [0, 0.05) is 13.1 Å². The van der Waals surface area contributed by atoms with Gasteiger partial charge < -0.3 is 15.3 Å². The number of benzene rings is 1. The number of carbonyl (C=O) groups excluding carboxylic acids is 1. The van der Waals surface area contributed by atoms with Crippen molar-refractivity contribution in [2.45, 2.75) is 0 Å². The third-order valence-electron chi connectivity index (χ3n) is 2.28. The molecular weight excluding hydrogens is 264 g/mol. The van der Waals surface area contributed by atoms with Gasteiger partial charge in [-0.3, -0.25) is 15.6 Å². The van der Waals surface area contributed by atoms with Crippen molar-refractivity contribution < 1.29 is 9.90 Å². The lowest BCUT2D eigenvalue weighted by atomic mass is 10.2. The average molecular weight is 282 g/mol. The Kier molecular flexibility index (Phi) is 6.04. The maximum atomic E-state index is 11.7. The summed E-state index contributed by atoms with van der Waals surface area (Å²) < 4.78 is 0. The van der Waals surface area contributed by atoms with Gasteiger partial charge in [0.05, 0.1) is 5.56 Å². The summed E-state index contributed by atoms with van der Waals surface area (Å²) in [4.78, 5) is 13.7. The summed E-state index contributed by atoms with van der Waals surface area (Å²) in [5, 5.41) is 12.8. The number of nitrogens with one attached hydrogen (secondary N) is 3. The van der Waals surface area contributed by atoms with Gasteiger partial charge in [-0.05, 0) is 38.4 Å². The highest BCUT2D eigenvalue weighted by molar-refractivity contribution is 7.80. The number of para-hydroxylation sites is 1. The lowest BCUT2D eigenvalue weighted by Crippen LogP contribution is -2.47. The van der Waals surface area contributed by atoms with Gasteiger partial charge in [0.2, 0.25) is 0 Å². The zero-order valence-corrected chi connectivity index (χ0v) is 11.8. The van der Waals surface area contributed by atoms with Gasteiger partial charge in [0.15, 0.2) is 5.11 Å². The topological polar surface area (TPSA) is 76.6 Å². The Bertz CT molecular complexity index is 451. The van der Waals surface area contributed by atoms with Crippen LogP contribution in [0.3, 0.4) is 0 Å². The molecule has 0 aliphatic rings. The van der Waals surface area contributed by atoms with E-state index in [1.165, 1.54) is 12.1 Å². The molecule has 6 nitrogen and oxygen atoms in total. The van der Waals surface area contributed by atoms with Crippen molar-refractivity contribution in [1.29, 1.82) is 0 Å². The maximum Gasteiger partial charge on any atom is 0.273 e. The van der Waals surface area contributed by atoms with E-state index in [4.69, 9.17) is 12.2 Å². The summed E-state index contributed by atoms with van der Waals surface area (Å²) in [7, 11) is 3.91. The second kappa shape index (κ2) is 7.55. The van der Waals surface area contributed by atoms with Crippen molar-refractivity contribution >= 4 is 23.2 Å². The van der Waals surface area contributed by atoms with Crippen LogP contribution in [0.5, 0.6) is 5.75 Å². The van der Waals surface area contributed by atoms with Gasteiger partial charge in [-0.15, -0.1) is 0 Å². The van der Waals surface area contributed by atoms with E-state index < -0.39 is 5.91 Å². The molecule has 19 heavy (non-hydrogen) atoms. The van der Waals surface area contributed by atoms with Crippen molar-refractivity contribution in [2.75, 3.05) is 27.2 Å². The molecule has 0 aliphatic carbocycles. The van der Waals surface area contributed by atoms with E-state index in [1.807, 2.05) is 19.0 Å². The molecular formula is C12H18N4O2S. The minimum Gasteiger partial charge on any atom is -0.507 e. The molecule has 0 fully saturated rings. The number of nitrogens with zero attached hydrogens (tertiary/aromatic N) is 1. The second-order valence-corrected chi connectivity index (χ2v) is 4.56. The molecule has 1 aromatic rings. The molecule has 1 aromatic carbocycles. The fourth-order valence-corrected chi connectivity index (χ4v) is 1.44. The lowest BCUT2D eigenvalue weighted by molar-refractivity contribution is 0.0941. The molecule has 1 amide bonds. The van der Waals surface area contributed by atoms with Crippen LogP contribution in [0.4, 0.5) is 0 Å². The highest BCUT2D eigenvalue weighted by Crippen LogP contribution is 2.14. The Morgan fingerprint density at radius 3 is 2.63 bits per heavy atom. The van der Waals surface area contributed by atoms with Gasteiger partial charge in [0.1, 0.15) is 5.75 Å². The van der Waals surface area contributed by atoms with Gasteiger partial charge >= 0.3 is 0 Å². The summed E-state index contributed by atoms with van der Waals surface area (Å²) in [5.41, 5.74) is 5.17. The van der Waals surface area contributed by atoms with Gasteiger partial charge in [-0.1, -0.05) is 12.1 Å². The number of hydrogen-bond donors (Lipinski definition) is 4. The molecule has 0 spiro atoms. The fraction of sp³-hybridized carbons (Fsp3) is 0.333. The molecule has 0 atom stereocenters. The zero-order valence-electron chi connectivity index (χ0n) is 10.9. The summed E-state index contributed by atoms with van der Waals surface area (Å²) in [6, 6.07) is 6.28. The van der Waals surface area contributed by atoms with E-state index in [2.05, 4.69) is 16.2 Å². The minimum atomic E-state index is -0.449. The number of hydrogen-bond acceptors (Lipinski definition) is 4. The average Bonchev–Trinajstić information content (AvgIpc) is 2.36. The highest BCUT2D eigenvalue weighted by Gasteiger charge is 2.09. The maximum absolute atomic E-state index is 11.7. The first-order valence-corrected chi connectivity index (χ1v) is 6.18. The molecule has 0 saturated heterocycles. The van der Waals surface area contributed by atoms with Crippen LogP contribution in [0.2, 0.25) is 0 Å². The summed E-state index contributed by atoms with van der Waals surface area (Å²) in [6.45, 7) is 1.50. The number of aromatic hydroxyl groups is 1. The van der Waals surface area contributed by atoms with Crippen LogP contribution in [-0.2, 0) is 0 Å². The van der Waals surface area contributed by atoms with Crippen LogP contribution >= 0.6 is 12.2 Å². The highest BCUT2D eigenvalue weighted by atomic mass is 32.1. The normalized spacial score (nSPS) is 10.1. The van der Waals surface area contributed by atoms with Crippen LogP contribution in [0, 0.1) is 0 Å². The number of carbonyl (C=O) groups is 1. The molecule has 4 N–H and O–H groups in total. The molecule has 0 aliphatic heterocycles. The first kappa shape index (κ1) is 15.2. The Morgan fingerprint density at radius 1 is 1.32 bits per heavy atom.